The summed E-state index contributed by atoms with van der Waals surface area (Å²) in [5.41, 5.74) is 0.474. The van der Waals surface area contributed by atoms with Gasteiger partial charge in [-0.1, -0.05) is 53.2 Å². The second kappa shape index (κ2) is 10.1. The number of carbonyl (C=O) groups is 3. The number of fused-ring (bicyclic) bond motifs is 1. The van der Waals surface area contributed by atoms with Gasteiger partial charge in [0.15, 0.2) is 0 Å². The SMILES string of the molecule is C/C=C(\C)C1CC2C(C)(C)C2(C)CCCC(C)C(OC=O)C(C)C(=O)C(C)(C)/C=C/C(=O)O1. The van der Waals surface area contributed by atoms with Crippen molar-refractivity contribution < 1.29 is 23.9 Å². The number of hydrogen-bond donors (Lipinski definition) is 0. The number of hydrogen-bond acceptors (Lipinski definition) is 5. The molecule has 0 spiro atoms. The Balaban J connectivity index is 2.41. The Labute approximate surface area is 200 Å². The summed E-state index contributed by atoms with van der Waals surface area (Å²) in [6, 6.07) is 0. The first-order valence-electron chi connectivity index (χ1n) is 12.4. The summed E-state index contributed by atoms with van der Waals surface area (Å²) in [4.78, 5) is 37.3. The lowest BCUT2D eigenvalue weighted by Crippen LogP contribution is -2.39. The second-order valence-corrected chi connectivity index (χ2v) is 11.7. The zero-order valence-corrected chi connectivity index (χ0v) is 22.1. The van der Waals surface area contributed by atoms with Gasteiger partial charge < -0.3 is 9.47 Å². The molecule has 0 aromatic heterocycles. The Bertz CT molecular complexity index is 805. The van der Waals surface area contributed by atoms with Gasteiger partial charge in [-0.15, -0.1) is 0 Å². The third-order valence-electron chi connectivity index (χ3n) is 9.01. The van der Waals surface area contributed by atoms with Gasteiger partial charge in [0, 0.05) is 11.5 Å². The maximum absolute atomic E-state index is 13.3. The van der Waals surface area contributed by atoms with Gasteiger partial charge >= 0.3 is 5.97 Å². The van der Waals surface area contributed by atoms with Crippen molar-refractivity contribution in [2.75, 3.05) is 0 Å². The van der Waals surface area contributed by atoms with Gasteiger partial charge in [0.05, 0.1) is 5.92 Å². The van der Waals surface area contributed by atoms with E-state index in [1.807, 2.05) is 26.8 Å². The van der Waals surface area contributed by atoms with Crippen LogP contribution in [0.15, 0.2) is 23.8 Å². The summed E-state index contributed by atoms with van der Waals surface area (Å²) in [5.74, 6) is -0.463. The van der Waals surface area contributed by atoms with E-state index in [9.17, 15) is 14.4 Å². The summed E-state index contributed by atoms with van der Waals surface area (Å²) in [6.45, 7) is 18.8. The average molecular weight is 461 g/mol. The minimum absolute atomic E-state index is 0.0612. The Morgan fingerprint density at radius 3 is 2.36 bits per heavy atom. The van der Waals surface area contributed by atoms with Gasteiger partial charge in [0.25, 0.3) is 6.47 Å². The molecule has 0 amide bonds. The predicted molar refractivity (Wildman–Crippen MR) is 130 cm³/mol. The molecule has 2 aliphatic rings. The molecule has 0 N–H and O–H groups in total. The highest BCUT2D eigenvalue weighted by atomic mass is 16.5. The van der Waals surface area contributed by atoms with Gasteiger partial charge in [0.2, 0.25) is 0 Å². The molecule has 1 aliphatic carbocycles. The topological polar surface area (TPSA) is 69.7 Å². The molecule has 33 heavy (non-hydrogen) atoms. The Morgan fingerprint density at radius 2 is 1.79 bits per heavy atom. The summed E-state index contributed by atoms with van der Waals surface area (Å²) in [5, 5.41) is 0. The number of rotatable bonds is 3. The van der Waals surface area contributed by atoms with Crippen LogP contribution in [0.25, 0.3) is 0 Å². The molecule has 0 saturated heterocycles. The number of carbonyl (C=O) groups excluding carboxylic acids is 3. The van der Waals surface area contributed by atoms with Crippen LogP contribution < -0.4 is 0 Å². The lowest BCUT2D eigenvalue weighted by atomic mass is 9.76. The fourth-order valence-corrected chi connectivity index (χ4v) is 6.01. The normalized spacial score (nSPS) is 38.6. The van der Waals surface area contributed by atoms with Crippen molar-refractivity contribution in [3.05, 3.63) is 23.8 Å². The first-order chi connectivity index (χ1) is 15.2. The zero-order valence-electron chi connectivity index (χ0n) is 22.1. The van der Waals surface area contributed by atoms with Crippen molar-refractivity contribution >= 4 is 18.2 Å². The molecular formula is C28H44O5. The largest absolute Gasteiger partial charge is 0.464 e. The third kappa shape index (κ3) is 5.60. The highest BCUT2D eigenvalue weighted by Gasteiger charge is 2.66. The number of allylic oxidation sites excluding steroid dienone is 2. The minimum Gasteiger partial charge on any atom is -0.464 e. The van der Waals surface area contributed by atoms with E-state index < -0.39 is 23.4 Å². The van der Waals surface area contributed by atoms with Gasteiger partial charge in [-0.2, -0.15) is 0 Å². The van der Waals surface area contributed by atoms with Crippen molar-refractivity contribution in [3.63, 3.8) is 0 Å². The first kappa shape index (κ1) is 27.3. The number of esters is 1. The minimum atomic E-state index is -0.887. The highest BCUT2D eigenvalue weighted by molar-refractivity contribution is 5.90. The number of cyclic esters (lactones) is 1. The van der Waals surface area contributed by atoms with Crippen LogP contribution in [0.1, 0.15) is 88.0 Å². The maximum Gasteiger partial charge on any atom is 0.331 e. The molecular weight excluding hydrogens is 416 g/mol. The van der Waals surface area contributed by atoms with E-state index in [0.717, 1.165) is 31.3 Å². The molecule has 6 unspecified atom stereocenters. The molecule has 0 radical (unpaired) electrons. The smallest absolute Gasteiger partial charge is 0.331 e. The van der Waals surface area contributed by atoms with Crippen LogP contribution in [0, 0.1) is 34.0 Å². The summed E-state index contributed by atoms with van der Waals surface area (Å²) in [7, 11) is 0. The lowest BCUT2D eigenvalue weighted by molar-refractivity contribution is -0.145. The fourth-order valence-electron chi connectivity index (χ4n) is 6.01. The summed E-state index contributed by atoms with van der Waals surface area (Å²) in [6.07, 6.45) is 7.98. The fraction of sp³-hybridized carbons (Fsp3) is 0.750. The van der Waals surface area contributed by atoms with Gasteiger partial charge in [-0.25, -0.2) is 4.79 Å². The Morgan fingerprint density at radius 1 is 1.15 bits per heavy atom. The molecule has 1 aliphatic heterocycles. The van der Waals surface area contributed by atoms with E-state index in [1.165, 1.54) is 6.08 Å². The first-order valence-corrected chi connectivity index (χ1v) is 12.4. The van der Waals surface area contributed by atoms with Crippen LogP contribution in [-0.2, 0) is 23.9 Å². The van der Waals surface area contributed by atoms with Crippen LogP contribution in [0.3, 0.4) is 0 Å². The van der Waals surface area contributed by atoms with Crippen LogP contribution in [0.2, 0.25) is 0 Å². The molecule has 186 valence electrons. The van der Waals surface area contributed by atoms with E-state index in [0.29, 0.717) is 12.4 Å². The third-order valence-corrected chi connectivity index (χ3v) is 9.01. The number of ketones is 1. The predicted octanol–water partition coefficient (Wildman–Crippen LogP) is 6.07. The van der Waals surface area contributed by atoms with E-state index in [-0.39, 0.29) is 28.6 Å². The molecule has 5 nitrogen and oxygen atoms in total. The van der Waals surface area contributed by atoms with Crippen molar-refractivity contribution in [2.24, 2.45) is 34.0 Å². The van der Waals surface area contributed by atoms with Crippen molar-refractivity contribution in [1.29, 1.82) is 0 Å². The van der Waals surface area contributed by atoms with Crippen LogP contribution in [-0.4, -0.2) is 30.4 Å². The van der Waals surface area contributed by atoms with E-state index in [4.69, 9.17) is 9.47 Å². The summed E-state index contributed by atoms with van der Waals surface area (Å²) < 4.78 is 11.3. The molecule has 0 bridgehead atoms. The van der Waals surface area contributed by atoms with Crippen molar-refractivity contribution in [2.45, 2.75) is 100 Å². The zero-order chi connectivity index (χ0) is 25.2. The summed E-state index contributed by atoms with van der Waals surface area (Å²) >= 11 is 0. The van der Waals surface area contributed by atoms with Crippen molar-refractivity contribution in [1.82, 2.24) is 0 Å². The Hall–Kier alpha value is -1.91. The molecule has 1 fully saturated rings. The van der Waals surface area contributed by atoms with Gasteiger partial charge in [-0.05, 0) is 75.2 Å². The van der Waals surface area contributed by atoms with E-state index in [2.05, 4.69) is 27.7 Å². The van der Waals surface area contributed by atoms with Gasteiger partial charge in [0.1, 0.15) is 18.0 Å². The monoisotopic (exact) mass is 460 g/mol. The molecule has 1 heterocycles. The van der Waals surface area contributed by atoms with Crippen molar-refractivity contribution in [3.8, 4) is 0 Å². The molecule has 0 aromatic carbocycles. The van der Waals surface area contributed by atoms with Crippen LogP contribution in [0.4, 0.5) is 0 Å². The average Bonchev–Trinajstić information content (AvgIpc) is 3.17. The molecule has 2 rings (SSSR count). The Kier molecular flexibility index (Phi) is 8.41. The standard InChI is InChI=1S/C28H44O5/c1-10-18(2)21-16-22-27(7,8)28(22,9)14-11-12-19(3)24(32-17-29)20(4)25(31)26(5,6)15-13-23(30)33-21/h10,13,15,17,19-22,24H,11-12,14,16H2,1-9H3/b15-13+,18-10+. The molecule has 5 heteroatoms. The number of Topliss-reactive ketones (excluding diaryl/α,β-unsaturated/α-hetero) is 1. The lowest BCUT2D eigenvalue weighted by Gasteiger charge is -2.32. The van der Waals surface area contributed by atoms with E-state index in [1.54, 1.807) is 19.9 Å². The van der Waals surface area contributed by atoms with E-state index >= 15 is 0 Å². The second-order valence-electron chi connectivity index (χ2n) is 11.7. The molecule has 0 aromatic rings. The molecule has 1 saturated carbocycles. The molecule has 6 atom stereocenters. The maximum atomic E-state index is 13.3. The van der Waals surface area contributed by atoms with Gasteiger partial charge in [-0.3, -0.25) is 9.59 Å². The quantitative estimate of drug-likeness (QED) is 0.291. The number of ether oxygens (including phenoxy) is 2. The highest BCUT2D eigenvalue weighted by Crippen LogP contribution is 2.72. The van der Waals surface area contributed by atoms with Crippen LogP contribution >= 0.6 is 0 Å². The van der Waals surface area contributed by atoms with Crippen LogP contribution in [0.5, 0.6) is 0 Å².